The number of aromatic nitrogens is 1. The van der Waals surface area contributed by atoms with Crippen LogP contribution in [-0.4, -0.2) is 4.57 Å². The molecule has 0 saturated heterocycles. The molecule has 0 aliphatic carbocycles. The molecule has 0 N–H and O–H groups in total. The molecule has 0 fully saturated rings. The van der Waals surface area contributed by atoms with Gasteiger partial charge in [0.2, 0.25) is 0 Å². The van der Waals surface area contributed by atoms with Crippen molar-refractivity contribution in [1.29, 1.82) is 0 Å². The van der Waals surface area contributed by atoms with Crippen molar-refractivity contribution in [1.82, 2.24) is 4.57 Å². The summed E-state index contributed by atoms with van der Waals surface area (Å²) in [6, 6.07) is 3.78. The van der Waals surface area contributed by atoms with Gasteiger partial charge in [-0.15, -0.1) is 0 Å². The van der Waals surface area contributed by atoms with Gasteiger partial charge in [0.15, 0.2) is 0 Å². The van der Waals surface area contributed by atoms with Crippen LogP contribution in [0.1, 0.15) is 11.1 Å². The summed E-state index contributed by atoms with van der Waals surface area (Å²) < 4.78 is 15.6. The van der Waals surface area contributed by atoms with Crippen LogP contribution in [0.4, 0.5) is 4.39 Å². The highest BCUT2D eigenvalue weighted by molar-refractivity contribution is 5.85. The van der Waals surface area contributed by atoms with Gasteiger partial charge < -0.3 is 4.57 Å². The van der Waals surface area contributed by atoms with Crippen LogP contribution < -0.4 is 0 Å². The van der Waals surface area contributed by atoms with E-state index in [-0.39, 0.29) is 5.82 Å². The first-order chi connectivity index (χ1) is 6.11. The monoisotopic (exact) mass is 177 g/mol. The van der Waals surface area contributed by atoms with E-state index in [4.69, 9.17) is 0 Å². The zero-order valence-electron chi connectivity index (χ0n) is 8.06. The minimum absolute atomic E-state index is 0.0874. The minimum atomic E-state index is -0.0874. The van der Waals surface area contributed by atoms with Crippen LogP contribution in [0.15, 0.2) is 18.3 Å². The molecule has 2 heteroatoms. The number of halogens is 1. The lowest BCUT2D eigenvalue weighted by atomic mass is 10.1. The molecule has 0 aliphatic heterocycles. The molecule has 2 aromatic rings. The third-order valence-electron chi connectivity index (χ3n) is 2.47. The average molecular weight is 177 g/mol. The number of rotatable bonds is 0. The van der Waals surface area contributed by atoms with Crippen LogP contribution in [0.5, 0.6) is 0 Å². The maximum absolute atomic E-state index is 13.7. The molecule has 2 rings (SSSR count). The third kappa shape index (κ3) is 1.05. The van der Waals surface area contributed by atoms with E-state index >= 15 is 0 Å². The summed E-state index contributed by atoms with van der Waals surface area (Å²) in [5, 5.41) is 0.752. The highest BCUT2D eigenvalue weighted by Gasteiger charge is 2.09. The summed E-state index contributed by atoms with van der Waals surface area (Å²) in [5.74, 6) is -0.0874. The number of benzene rings is 1. The van der Waals surface area contributed by atoms with Gasteiger partial charge in [0.25, 0.3) is 0 Å². The number of hydrogen-bond donors (Lipinski definition) is 0. The van der Waals surface area contributed by atoms with E-state index in [1.165, 1.54) is 0 Å². The molecule has 0 aliphatic rings. The fourth-order valence-electron chi connectivity index (χ4n) is 1.76. The summed E-state index contributed by atoms with van der Waals surface area (Å²) in [4.78, 5) is 0. The summed E-state index contributed by atoms with van der Waals surface area (Å²) in [6.45, 7) is 3.73. The topological polar surface area (TPSA) is 4.93 Å². The average Bonchev–Trinajstić information content (AvgIpc) is 2.35. The van der Waals surface area contributed by atoms with Gasteiger partial charge in [-0.1, -0.05) is 6.07 Å². The molecule has 1 heterocycles. The zero-order valence-corrected chi connectivity index (χ0v) is 8.06. The molecule has 0 unspecified atom stereocenters. The molecule has 0 saturated carbocycles. The molecule has 68 valence electrons. The minimum Gasteiger partial charge on any atom is -0.350 e. The Morgan fingerprint density at radius 3 is 2.54 bits per heavy atom. The highest BCUT2D eigenvalue weighted by Crippen LogP contribution is 2.24. The number of aryl methyl sites for hydroxylation is 3. The summed E-state index contributed by atoms with van der Waals surface area (Å²) >= 11 is 0. The molecular weight excluding hydrogens is 165 g/mol. The molecule has 0 spiro atoms. The van der Waals surface area contributed by atoms with Crippen molar-refractivity contribution in [2.45, 2.75) is 13.8 Å². The molecule has 0 atom stereocenters. The summed E-state index contributed by atoms with van der Waals surface area (Å²) in [7, 11) is 1.93. The molecular formula is C11H12FN. The Labute approximate surface area is 76.8 Å². The normalized spacial score (nSPS) is 11.1. The standard InChI is InChI=1S/C11H12FN/c1-7-4-5-9-10(11(7)12)8(2)6-13(9)3/h4-6H,1-3H3. The van der Waals surface area contributed by atoms with E-state index in [0.717, 1.165) is 16.5 Å². The first-order valence-corrected chi connectivity index (χ1v) is 4.32. The van der Waals surface area contributed by atoms with Gasteiger partial charge in [0, 0.05) is 18.6 Å². The lowest BCUT2D eigenvalue weighted by molar-refractivity contribution is 0.630. The maximum atomic E-state index is 13.7. The van der Waals surface area contributed by atoms with Crippen molar-refractivity contribution < 1.29 is 4.39 Å². The predicted molar refractivity (Wildman–Crippen MR) is 52.4 cm³/mol. The number of hydrogen-bond acceptors (Lipinski definition) is 0. The molecule has 0 bridgehead atoms. The van der Waals surface area contributed by atoms with E-state index in [2.05, 4.69) is 0 Å². The largest absolute Gasteiger partial charge is 0.350 e. The van der Waals surface area contributed by atoms with E-state index in [1.807, 2.05) is 36.9 Å². The second-order valence-corrected chi connectivity index (χ2v) is 3.51. The Bertz CT molecular complexity index is 468. The van der Waals surface area contributed by atoms with Crippen molar-refractivity contribution in [3.63, 3.8) is 0 Å². The molecule has 1 nitrogen and oxygen atoms in total. The van der Waals surface area contributed by atoms with Crippen molar-refractivity contribution in [2.75, 3.05) is 0 Å². The molecule has 0 amide bonds. The fraction of sp³-hybridized carbons (Fsp3) is 0.273. The predicted octanol–water partition coefficient (Wildman–Crippen LogP) is 2.93. The van der Waals surface area contributed by atoms with Crippen LogP contribution in [0.3, 0.4) is 0 Å². The zero-order chi connectivity index (χ0) is 9.59. The quantitative estimate of drug-likeness (QED) is 0.583. The molecule has 13 heavy (non-hydrogen) atoms. The first-order valence-electron chi connectivity index (χ1n) is 4.32. The van der Waals surface area contributed by atoms with Crippen LogP contribution in [-0.2, 0) is 7.05 Å². The van der Waals surface area contributed by atoms with Crippen molar-refractivity contribution in [3.8, 4) is 0 Å². The van der Waals surface area contributed by atoms with E-state index in [0.29, 0.717) is 5.56 Å². The third-order valence-corrected chi connectivity index (χ3v) is 2.47. The first kappa shape index (κ1) is 8.30. The number of nitrogens with zero attached hydrogens (tertiary/aromatic N) is 1. The number of fused-ring (bicyclic) bond motifs is 1. The Morgan fingerprint density at radius 1 is 1.15 bits per heavy atom. The van der Waals surface area contributed by atoms with Crippen LogP contribution in [0, 0.1) is 19.7 Å². The molecule has 1 aromatic heterocycles. The summed E-state index contributed by atoms with van der Waals surface area (Å²) in [5.41, 5.74) is 2.67. The lowest BCUT2D eigenvalue weighted by Crippen LogP contribution is -1.87. The second-order valence-electron chi connectivity index (χ2n) is 3.51. The van der Waals surface area contributed by atoms with E-state index < -0.39 is 0 Å². The van der Waals surface area contributed by atoms with Gasteiger partial charge in [-0.25, -0.2) is 4.39 Å². The van der Waals surface area contributed by atoms with Gasteiger partial charge in [0.1, 0.15) is 5.82 Å². The smallest absolute Gasteiger partial charge is 0.135 e. The van der Waals surface area contributed by atoms with Crippen LogP contribution >= 0.6 is 0 Å². The fourth-order valence-corrected chi connectivity index (χ4v) is 1.76. The van der Waals surface area contributed by atoms with Crippen molar-refractivity contribution in [3.05, 3.63) is 35.3 Å². The SMILES string of the molecule is Cc1ccc2c(c(C)cn2C)c1F. The maximum Gasteiger partial charge on any atom is 0.135 e. The lowest BCUT2D eigenvalue weighted by Gasteiger charge is -2.00. The van der Waals surface area contributed by atoms with Gasteiger partial charge in [-0.05, 0) is 31.0 Å². The van der Waals surface area contributed by atoms with Gasteiger partial charge in [-0.3, -0.25) is 0 Å². The Hall–Kier alpha value is -1.31. The highest BCUT2D eigenvalue weighted by atomic mass is 19.1. The van der Waals surface area contributed by atoms with Crippen LogP contribution in [0.2, 0.25) is 0 Å². The van der Waals surface area contributed by atoms with E-state index in [1.54, 1.807) is 6.92 Å². The van der Waals surface area contributed by atoms with Crippen molar-refractivity contribution >= 4 is 10.9 Å². The van der Waals surface area contributed by atoms with E-state index in [9.17, 15) is 4.39 Å². The Balaban J connectivity index is 2.98. The Morgan fingerprint density at radius 2 is 1.85 bits per heavy atom. The van der Waals surface area contributed by atoms with Gasteiger partial charge in [0.05, 0.1) is 5.52 Å². The molecule has 0 radical (unpaired) electrons. The second kappa shape index (κ2) is 2.59. The van der Waals surface area contributed by atoms with Crippen LogP contribution in [0.25, 0.3) is 10.9 Å². The molecule has 1 aromatic carbocycles. The van der Waals surface area contributed by atoms with Gasteiger partial charge >= 0.3 is 0 Å². The summed E-state index contributed by atoms with van der Waals surface area (Å²) in [6.07, 6.45) is 1.95. The van der Waals surface area contributed by atoms with Crippen molar-refractivity contribution in [2.24, 2.45) is 7.05 Å². The van der Waals surface area contributed by atoms with Gasteiger partial charge in [-0.2, -0.15) is 0 Å². The Kier molecular flexibility index (Phi) is 1.65.